The SMILES string of the molecule is N#Cc1ccc(-n2c(=S)[nH]c3cc(I)ccc32)c(Cl)c1. The van der Waals surface area contributed by atoms with E-state index < -0.39 is 0 Å². The molecule has 1 heterocycles. The molecule has 0 aliphatic rings. The summed E-state index contributed by atoms with van der Waals surface area (Å²) in [6.45, 7) is 0. The first-order chi connectivity index (χ1) is 9.60. The molecule has 6 heteroatoms. The summed E-state index contributed by atoms with van der Waals surface area (Å²) >= 11 is 13.9. The van der Waals surface area contributed by atoms with E-state index in [-0.39, 0.29) is 0 Å². The molecule has 20 heavy (non-hydrogen) atoms. The number of fused-ring (bicyclic) bond motifs is 1. The van der Waals surface area contributed by atoms with Gasteiger partial charge < -0.3 is 4.98 Å². The maximum Gasteiger partial charge on any atom is 0.182 e. The van der Waals surface area contributed by atoms with Gasteiger partial charge >= 0.3 is 0 Å². The number of nitrogens with one attached hydrogen (secondary N) is 1. The molecular weight excluding hydrogens is 405 g/mol. The van der Waals surface area contributed by atoms with Crippen LogP contribution in [0, 0.1) is 19.7 Å². The number of imidazole rings is 1. The number of halogens is 2. The van der Waals surface area contributed by atoms with E-state index in [0.29, 0.717) is 15.4 Å². The predicted octanol–water partition coefficient (Wildman–Crippen LogP) is 4.82. The van der Waals surface area contributed by atoms with Crippen LogP contribution < -0.4 is 0 Å². The maximum absolute atomic E-state index is 8.90. The highest BCUT2D eigenvalue weighted by Gasteiger charge is 2.10. The Balaban J connectivity index is 2.33. The van der Waals surface area contributed by atoms with Gasteiger partial charge in [-0.25, -0.2) is 0 Å². The lowest BCUT2D eigenvalue weighted by Crippen LogP contribution is -1.95. The molecule has 0 fully saturated rings. The molecule has 1 N–H and O–H groups in total. The molecule has 0 aliphatic heterocycles. The number of rotatable bonds is 1. The number of aromatic nitrogens is 2. The van der Waals surface area contributed by atoms with Gasteiger partial charge in [0.2, 0.25) is 0 Å². The molecular formula is C14H7ClIN3S. The summed E-state index contributed by atoms with van der Waals surface area (Å²) in [5.41, 5.74) is 3.21. The zero-order chi connectivity index (χ0) is 14.3. The lowest BCUT2D eigenvalue weighted by molar-refractivity contribution is 1.06. The van der Waals surface area contributed by atoms with Crippen LogP contribution in [0.1, 0.15) is 5.56 Å². The lowest BCUT2D eigenvalue weighted by atomic mass is 10.2. The Morgan fingerprint density at radius 1 is 1.25 bits per heavy atom. The minimum absolute atomic E-state index is 0.500. The molecule has 3 rings (SSSR count). The van der Waals surface area contributed by atoms with E-state index in [0.717, 1.165) is 20.3 Å². The lowest BCUT2D eigenvalue weighted by Gasteiger charge is -2.07. The summed E-state index contributed by atoms with van der Waals surface area (Å²) < 4.78 is 3.59. The quantitative estimate of drug-likeness (QED) is 0.461. The second-order valence-corrected chi connectivity index (χ2v) is 6.24. The van der Waals surface area contributed by atoms with Crippen molar-refractivity contribution in [1.29, 1.82) is 5.26 Å². The molecule has 0 spiro atoms. The van der Waals surface area contributed by atoms with Crippen molar-refractivity contribution in [3.8, 4) is 11.8 Å². The third kappa shape index (κ3) is 2.24. The summed E-state index contributed by atoms with van der Waals surface area (Å²) in [4.78, 5) is 3.17. The Morgan fingerprint density at radius 2 is 2.05 bits per heavy atom. The van der Waals surface area contributed by atoms with Crippen molar-refractivity contribution in [1.82, 2.24) is 9.55 Å². The van der Waals surface area contributed by atoms with Crippen LogP contribution in [-0.2, 0) is 0 Å². The van der Waals surface area contributed by atoms with E-state index in [2.05, 4.69) is 33.6 Å². The van der Waals surface area contributed by atoms with Crippen LogP contribution in [-0.4, -0.2) is 9.55 Å². The van der Waals surface area contributed by atoms with Crippen molar-refractivity contribution in [3.05, 3.63) is 55.3 Å². The summed E-state index contributed by atoms with van der Waals surface area (Å²) in [5, 5.41) is 9.40. The first kappa shape index (κ1) is 13.6. The van der Waals surface area contributed by atoms with Crippen LogP contribution in [0.5, 0.6) is 0 Å². The highest BCUT2D eigenvalue weighted by atomic mass is 127. The fourth-order valence-electron chi connectivity index (χ4n) is 2.08. The minimum Gasteiger partial charge on any atom is -0.330 e. The van der Waals surface area contributed by atoms with Gasteiger partial charge in [0.1, 0.15) is 0 Å². The van der Waals surface area contributed by atoms with Crippen LogP contribution >= 0.6 is 46.4 Å². The van der Waals surface area contributed by atoms with Crippen LogP contribution in [0.25, 0.3) is 16.7 Å². The third-order valence-electron chi connectivity index (χ3n) is 2.96. The average molecular weight is 412 g/mol. The van der Waals surface area contributed by atoms with Gasteiger partial charge in [-0.3, -0.25) is 4.57 Å². The Morgan fingerprint density at radius 3 is 2.75 bits per heavy atom. The summed E-state index contributed by atoms with van der Waals surface area (Å²) in [6, 6.07) is 13.3. The molecule has 0 saturated carbocycles. The topological polar surface area (TPSA) is 44.5 Å². The van der Waals surface area contributed by atoms with E-state index in [1.54, 1.807) is 12.1 Å². The molecule has 2 aromatic carbocycles. The minimum atomic E-state index is 0.500. The second kappa shape index (κ2) is 5.20. The molecule has 0 bridgehead atoms. The van der Waals surface area contributed by atoms with Gasteiger partial charge in [-0.2, -0.15) is 5.26 Å². The van der Waals surface area contributed by atoms with Gasteiger partial charge in [-0.15, -0.1) is 0 Å². The summed E-state index contributed by atoms with van der Waals surface area (Å²) in [5.74, 6) is 0. The number of nitrogens with zero attached hydrogens (tertiary/aromatic N) is 2. The highest BCUT2D eigenvalue weighted by molar-refractivity contribution is 14.1. The maximum atomic E-state index is 8.90. The zero-order valence-corrected chi connectivity index (χ0v) is 13.8. The molecule has 3 nitrogen and oxygen atoms in total. The fraction of sp³-hybridized carbons (Fsp3) is 0. The highest BCUT2D eigenvalue weighted by Crippen LogP contribution is 2.27. The molecule has 98 valence electrons. The molecule has 0 radical (unpaired) electrons. The van der Waals surface area contributed by atoms with Crippen LogP contribution in [0.15, 0.2) is 36.4 Å². The molecule has 0 aliphatic carbocycles. The number of hydrogen-bond acceptors (Lipinski definition) is 2. The van der Waals surface area contributed by atoms with Crippen molar-refractivity contribution in [2.75, 3.05) is 0 Å². The summed E-state index contributed by atoms with van der Waals surface area (Å²) in [7, 11) is 0. The molecule has 1 aromatic heterocycles. The number of nitriles is 1. The van der Waals surface area contributed by atoms with Crippen molar-refractivity contribution >= 4 is 57.4 Å². The van der Waals surface area contributed by atoms with Crippen molar-refractivity contribution in [2.45, 2.75) is 0 Å². The van der Waals surface area contributed by atoms with Crippen molar-refractivity contribution < 1.29 is 0 Å². The van der Waals surface area contributed by atoms with Crippen LogP contribution in [0.3, 0.4) is 0 Å². The Kier molecular flexibility index (Phi) is 3.54. The number of hydrogen-bond donors (Lipinski definition) is 1. The smallest absolute Gasteiger partial charge is 0.182 e. The number of aromatic amines is 1. The van der Waals surface area contributed by atoms with Gasteiger partial charge in [-0.1, -0.05) is 11.6 Å². The average Bonchev–Trinajstić information content (AvgIpc) is 2.73. The predicted molar refractivity (Wildman–Crippen MR) is 90.9 cm³/mol. The fourth-order valence-corrected chi connectivity index (χ4v) is 3.14. The van der Waals surface area contributed by atoms with Gasteiger partial charge in [0.25, 0.3) is 0 Å². The Labute approximate surface area is 138 Å². The van der Waals surface area contributed by atoms with Gasteiger partial charge in [0, 0.05) is 3.57 Å². The third-order valence-corrected chi connectivity index (χ3v) is 4.22. The van der Waals surface area contributed by atoms with Gasteiger partial charge in [0.05, 0.1) is 33.4 Å². The van der Waals surface area contributed by atoms with E-state index >= 15 is 0 Å². The normalized spacial score (nSPS) is 10.7. The zero-order valence-electron chi connectivity index (χ0n) is 10.0. The van der Waals surface area contributed by atoms with Crippen LogP contribution in [0.4, 0.5) is 0 Å². The molecule has 0 unspecified atom stereocenters. The first-order valence-electron chi connectivity index (χ1n) is 5.70. The Hall–Kier alpha value is -1.36. The van der Waals surface area contributed by atoms with Crippen molar-refractivity contribution in [3.63, 3.8) is 0 Å². The monoisotopic (exact) mass is 411 g/mol. The number of benzene rings is 2. The first-order valence-corrected chi connectivity index (χ1v) is 7.57. The standard InChI is InChI=1S/C14H7ClIN3S/c15-10-5-8(7-17)1-3-12(10)19-13-4-2-9(16)6-11(13)18-14(19)20/h1-6H,(H,18,20). The Bertz CT molecular complexity index is 920. The van der Waals surface area contributed by atoms with E-state index in [1.165, 1.54) is 0 Å². The molecule has 0 saturated heterocycles. The number of H-pyrrole nitrogens is 1. The van der Waals surface area contributed by atoms with Crippen LogP contribution in [0.2, 0.25) is 5.02 Å². The van der Waals surface area contributed by atoms with E-state index in [4.69, 9.17) is 29.1 Å². The van der Waals surface area contributed by atoms with E-state index in [9.17, 15) is 0 Å². The van der Waals surface area contributed by atoms with Gasteiger partial charge in [-0.05, 0) is 71.2 Å². The van der Waals surface area contributed by atoms with Gasteiger partial charge in [0.15, 0.2) is 4.77 Å². The molecule has 0 atom stereocenters. The molecule has 0 amide bonds. The summed E-state index contributed by atoms with van der Waals surface area (Å²) in [6.07, 6.45) is 0. The van der Waals surface area contributed by atoms with E-state index in [1.807, 2.05) is 28.8 Å². The largest absolute Gasteiger partial charge is 0.330 e. The molecule has 3 aromatic rings. The second-order valence-electron chi connectivity index (χ2n) is 4.21. The van der Waals surface area contributed by atoms with Crippen molar-refractivity contribution in [2.24, 2.45) is 0 Å².